The molecule has 9 aromatic rings. The van der Waals surface area contributed by atoms with Crippen molar-refractivity contribution in [3.05, 3.63) is 323 Å². The highest BCUT2D eigenvalue weighted by molar-refractivity contribution is 5.91. The molecule has 3 aliphatic heterocycles. The molecule has 0 N–H and O–H groups in total. The number of benzene rings is 9. The molecule has 6 unspecified atom stereocenters. The Morgan fingerprint density at radius 3 is 1.11 bits per heavy atom. The Morgan fingerprint density at radius 1 is 0.308 bits per heavy atom. The zero-order valence-corrected chi connectivity index (χ0v) is 60.1. The van der Waals surface area contributed by atoms with E-state index in [0.29, 0.717) is 13.2 Å². The lowest BCUT2D eigenvalue weighted by molar-refractivity contribution is -0.361. The number of hydrogen-bond acceptors (Lipinski definition) is 19. The van der Waals surface area contributed by atoms with Gasteiger partial charge in [0.1, 0.15) is 37.1 Å². The highest BCUT2D eigenvalue weighted by atomic mass is 16.8. The largest absolute Gasteiger partial charge is 0.459 e. The van der Waals surface area contributed by atoms with Crippen molar-refractivity contribution in [3.63, 3.8) is 0 Å². The molecule has 3 saturated heterocycles. The van der Waals surface area contributed by atoms with Gasteiger partial charge in [0.2, 0.25) is 0 Å². The molecule has 9 aromatic carbocycles. The van der Waals surface area contributed by atoms with Crippen LogP contribution in [0.1, 0.15) is 102 Å². The molecule has 3 fully saturated rings. The lowest BCUT2D eigenvalue weighted by Gasteiger charge is -2.50. The van der Waals surface area contributed by atoms with Crippen LogP contribution in [-0.4, -0.2) is 137 Å². The van der Waals surface area contributed by atoms with E-state index in [2.05, 4.69) is 6.92 Å². The third-order valence-corrected chi connectivity index (χ3v) is 18.9. The molecule has 0 bridgehead atoms. The molecule has 558 valence electrons. The number of rotatable bonds is 36. The smallest absolute Gasteiger partial charge is 0.338 e. The van der Waals surface area contributed by atoms with Gasteiger partial charge in [-0.1, -0.05) is 251 Å². The minimum Gasteiger partial charge on any atom is -0.459 e. The Morgan fingerprint density at radius 2 is 0.664 bits per heavy atom. The van der Waals surface area contributed by atoms with E-state index in [1.54, 1.807) is 121 Å². The monoisotopic (exact) mass is 1450 g/mol. The van der Waals surface area contributed by atoms with Crippen LogP contribution in [0.3, 0.4) is 0 Å². The molecule has 0 radical (unpaired) electrons. The zero-order chi connectivity index (χ0) is 73.8. The predicted octanol–water partition coefficient (Wildman–Crippen LogP) is 14.7. The fraction of sp³-hybridized carbons (Fsp3) is 0.341. The SMILES string of the molecule is CCCCCO[C@@H]1OC(COCc2ccccc2)[C@H](OCc2ccccc2)[C@H](OCc2ccccc2)C1CO[C@@H]1OC(COCc2ccccc2)[C@H](O[C@@H]2OC(COC(=O)c3ccccc3)[C@H](OC(=O)c3ccccc3)[C@H](OC(=O)c3ccccc3)C2OC(=O)c2ccccc2)[C@@H](OCc2ccccc2)C1C. The average Bonchev–Trinajstić information content (AvgIpc) is 0.770. The quantitative estimate of drug-likeness (QED) is 0.0203. The number of ether oxygens (including phenoxy) is 15. The third-order valence-electron chi connectivity index (χ3n) is 18.9. The summed E-state index contributed by atoms with van der Waals surface area (Å²) < 4.78 is 103. The normalized spacial score (nSPS) is 24.1. The Balaban J connectivity index is 0.936. The van der Waals surface area contributed by atoms with Crippen molar-refractivity contribution in [2.45, 2.75) is 146 Å². The minimum atomic E-state index is -1.77. The van der Waals surface area contributed by atoms with Crippen LogP contribution in [0.5, 0.6) is 0 Å². The molecule has 3 heterocycles. The fourth-order valence-corrected chi connectivity index (χ4v) is 13.2. The molecule has 107 heavy (non-hydrogen) atoms. The van der Waals surface area contributed by atoms with Crippen molar-refractivity contribution in [1.29, 1.82) is 0 Å². The van der Waals surface area contributed by atoms with Gasteiger partial charge in [-0.3, -0.25) is 0 Å². The second kappa shape index (κ2) is 40.4. The summed E-state index contributed by atoms with van der Waals surface area (Å²) in [5.74, 6) is -4.76. The Labute approximate surface area is 625 Å². The van der Waals surface area contributed by atoms with Gasteiger partial charge < -0.3 is 71.1 Å². The van der Waals surface area contributed by atoms with Crippen LogP contribution in [0, 0.1) is 11.8 Å². The van der Waals surface area contributed by atoms with Crippen molar-refractivity contribution >= 4 is 23.9 Å². The van der Waals surface area contributed by atoms with Gasteiger partial charge in [0, 0.05) is 12.5 Å². The van der Waals surface area contributed by atoms with E-state index >= 15 is 0 Å². The van der Waals surface area contributed by atoms with Gasteiger partial charge in [-0.15, -0.1) is 0 Å². The van der Waals surface area contributed by atoms with Gasteiger partial charge in [0.05, 0.1) is 93.2 Å². The summed E-state index contributed by atoms with van der Waals surface area (Å²) in [6.07, 6.45) is -13.3. The molecule has 15 atom stereocenters. The third kappa shape index (κ3) is 22.1. The minimum absolute atomic E-state index is 0.0541. The van der Waals surface area contributed by atoms with Crippen molar-refractivity contribution < 1.29 is 90.2 Å². The average molecular weight is 1450 g/mol. The predicted molar refractivity (Wildman–Crippen MR) is 396 cm³/mol. The van der Waals surface area contributed by atoms with E-state index in [-0.39, 0.29) is 68.5 Å². The van der Waals surface area contributed by atoms with Gasteiger partial charge in [-0.25, -0.2) is 19.2 Å². The highest BCUT2D eigenvalue weighted by Gasteiger charge is 2.57. The van der Waals surface area contributed by atoms with Crippen LogP contribution < -0.4 is 0 Å². The van der Waals surface area contributed by atoms with Gasteiger partial charge in [-0.05, 0) is 82.8 Å². The van der Waals surface area contributed by atoms with E-state index in [1.807, 2.05) is 159 Å². The van der Waals surface area contributed by atoms with Gasteiger partial charge >= 0.3 is 23.9 Å². The van der Waals surface area contributed by atoms with E-state index in [1.165, 1.54) is 0 Å². The van der Waals surface area contributed by atoms with E-state index in [0.717, 1.165) is 47.1 Å². The van der Waals surface area contributed by atoms with Crippen molar-refractivity contribution in [1.82, 2.24) is 0 Å². The van der Waals surface area contributed by atoms with Gasteiger partial charge in [0.25, 0.3) is 0 Å². The molecule has 0 spiro atoms. The maximum absolute atomic E-state index is 14.9. The second-order valence-electron chi connectivity index (χ2n) is 26.6. The molecular weight excluding hydrogens is 1360 g/mol. The van der Waals surface area contributed by atoms with E-state index < -0.39 is 122 Å². The number of carbonyl (C=O) groups is 4. The summed E-state index contributed by atoms with van der Waals surface area (Å²) in [5, 5.41) is 0. The zero-order valence-electron chi connectivity index (χ0n) is 60.1. The van der Waals surface area contributed by atoms with Crippen LogP contribution in [0.4, 0.5) is 0 Å². The molecule has 19 heteroatoms. The van der Waals surface area contributed by atoms with Crippen LogP contribution in [0.25, 0.3) is 0 Å². The van der Waals surface area contributed by atoms with Gasteiger partial charge in [0.15, 0.2) is 37.2 Å². The van der Waals surface area contributed by atoms with Crippen LogP contribution in [0.2, 0.25) is 0 Å². The molecule has 12 rings (SSSR count). The van der Waals surface area contributed by atoms with Gasteiger partial charge in [-0.2, -0.15) is 0 Å². The highest BCUT2D eigenvalue weighted by Crippen LogP contribution is 2.40. The standard InChI is InChI=1S/C88H92O19/c1-3-4-32-51-95-87-71(76(97-55-65-39-20-8-21-40-65)77(98-56-66-41-22-9-23-42-66)72(102-87)58-93-52-62-33-14-5-15-34-62)57-100-86-61(2)75(96-54-64-37-18-7-19-38-64)78(73(101-86)59-94-53-63-35-16-6-17-36-63)107-88-81(106-85(92)70-49-30-13-31-50-70)80(105-84(91)69-47-28-12-29-48-69)79(104-83(90)68-45-26-11-27-46-68)74(103-88)60-99-82(89)67-43-24-10-25-44-67/h5-31,33-50,61,71-81,86-88H,3-4,32,51-60H2,1-2H3/t61?,71?,72?,73?,74?,75-,76+,77-,78-,79-,80-,81?,86+,87+,88-/m0/s1. The van der Waals surface area contributed by atoms with E-state index in [9.17, 15) is 19.2 Å². The second-order valence-corrected chi connectivity index (χ2v) is 26.6. The lowest BCUT2D eigenvalue weighted by atomic mass is 9.89. The topological polar surface area (TPSA) is 207 Å². The first-order valence-corrected chi connectivity index (χ1v) is 36.7. The summed E-state index contributed by atoms with van der Waals surface area (Å²) in [4.78, 5) is 58.5. The molecule has 0 aliphatic carbocycles. The molecule has 0 saturated carbocycles. The number of hydrogen-bond donors (Lipinski definition) is 0. The van der Waals surface area contributed by atoms with Crippen LogP contribution in [-0.2, 0) is 104 Å². The summed E-state index contributed by atoms with van der Waals surface area (Å²) >= 11 is 0. The maximum atomic E-state index is 14.9. The first-order chi connectivity index (χ1) is 52.6. The van der Waals surface area contributed by atoms with Crippen LogP contribution in [0.15, 0.2) is 273 Å². The van der Waals surface area contributed by atoms with Crippen molar-refractivity contribution in [2.75, 3.05) is 33.0 Å². The first-order valence-electron chi connectivity index (χ1n) is 36.7. The molecular formula is C88H92O19. The summed E-state index contributed by atoms with van der Waals surface area (Å²) in [7, 11) is 0. The maximum Gasteiger partial charge on any atom is 0.338 e. The van der Waals surface area contributed by atoms with Crippen molar-refractivity contribution in [2.24, 2.45) is 11.8 Å². The number of esters is 4. The summed E-state index contributed by atoms with van der Waals surface area (Å²) in [5.41, 5.74) is 5.14. The summed E-state index contributed by atoms with van der Waals surface area (Å²) in [6, 6.07) is 81.9. The lowest BCUT2D eigenvalue weighted by Crippen LogP contribution is -2.66. The molecule has 0 amide bonds. The molecule has 0 aromatic heterocycles. The number of unbranched alkanes of at least 4 members (excludes halogenated alkanes) is 2. The first kappa shape index (κ1) is 77.0. The summed E-state index contributed by atoms with van der Waals surface area (Å²) in [6.45, 7) is 4.72. The van der Waals surface area contributed by atoms with E-state index in [4.69, 9.17) is 71.1 Å². The Hall–Kier alpha value is -9.58. The number of carbonyl (C=O) groups excluding carboxylic acids is 4. The molecule has 3 aliphatic rings. The molecule has 19 nitrogen and oxygen atoms in total. The Kier molecular flexibility index (Phi) is 29.1. The fourth-order valence-electron chi connectivity index (χ4n) is 13.2. The van der Waals surface area contributed by atoms with Crippen molar-refractivity contribution in [3.8, 4) is 0 Å². The van der Waals surface area contributed by atoms with Crippen LogP contribution >= 0.6 is 0 Å². The Bertz CT molecular complexity index is 4080.